The number of phenols is 1. The van der Waals surface area contributed by atoms with Crippen molar-refractivity contribution in [2.24, 2.45) is 0 Å². The van der Waals surface area contributed by atoms with E-state index in [2.05, 4.69) is 9.97 Å². The molecule has 2 aromatic carbocycles. The highest BCUT2D eigenvalue weighted by molar-refractivity contribution is 5.86. The smallest absolute Gasteiger partial charge is 0.144 e. The topological polar surface area (TPSA) is 46.0 Å². The molecular formula is C14H9FN2O. The molecule has 0 aliphatic heterocycles. The van der Waals surface area contributed by atoms with E-state index in [4.69, 9.17) is 0 Å². The summed E-state index contributed by atoms with van der Waals surface area (Å²) in [6, 6.07) is 9.50. The number of hydrogen-bond donors (Lipinski definition) is 1. The lowest BCUT2D eigenvalue weighted by Gasteiger charge is -2.05. The second kappa shape index (κ2) is 4.07. The van der Waals surface area contributed by atoms with Crippen molar-refractivity contribution in [3.05, 3.63) is 54.6 Å². The van der Waals surface area contributed by atoms with Gasteiger partial charge >= 0.3 is 0 Å². The Kier molecular flexibility index (Phi) is 2.41. The van der Waals surface area contributed by atoms with Crippen molar-refractivity contribution in [1.29, 1.82) is 0 Å². The number of aromatic nitrogens is 2. The minimum atomic E-state index is -0.288. The van der Waals surface area contributed by atoms with Crippen LogP contribution in [-0.2, 0) is 0 Å². The molecule has 0 radical (unpaired) electrons. The van der Waals surface area contributed by atoms with E-state index in [1.54, 1.807) is 24.4 Å². The molecule has 88 valence electrons. The minimum Gasteiger partial charge on any atom is -0.506 e. The summed E-state index contributed by atoms with van der Waals surface area (Å²) in [5, 5.41) is 9.89. The van der Waals surface area contributed by atoms with Crippen molar-refractivity contribution < 1.29 is 9.50 Å². The number of aromatic hydroxyl groups is 1. The summed E-state index contributed by atoms with van der Waals surface area (Å²) in [4.78, 5) is 8.21. The average Bonchev–Trinajstić information content (AvgIpc) is 2.39. The van der Waals surface area contributed by atoms with Gasteiger partial charge in [0.2, 0.25) is 0 Å². The van der Waals surface area contributed by atoms with Crippen molar-refractivity contribution in [2.45, 2.75) is 0 Å². The first-order valence-corrected chi connectivity index (χ1v) is 5.44. The fourth-order valence-electron chi connectivity index (χ4n) is 1.87. The van der Waals surface area contributed by atoms with Gasteiger partial charge < -0.3 is 5.11 Å². The van der Waals surface area contributed by atoms with Gasteiger partial charge in [-0.25, -0.2) is 9.37 Å². The molecule has 1 aromatic heterocycles. The Balaban J connectivity index is 2.21. The van der Waals surface area contributed by atoms with Crippen LogP contribution in [0.1, 0.15) is 0 Å². The largest absolute Gasteiger partial charge is 0.506 e. The normalized spacial score (nSPS) is 10.7. The van der Waals surface area contributed by atoms with E-state index in [9.17, 15) is 9.50 Å². The maximum atomic E-state index is 12.9. The number of halogens is 1. The summed E-state index contributed by atoms with van der Waals surface area (Å²) < 4.78 is 12.9. The van der Waals surface area contributed by atoms with Crippen LogP contribution in [-0.4, -0.2) is 15.1 Å². The summed E-state index contributed by atoms with van der Waals surface area (Å²) in [5.41, 5.74) is 2.67. The molecular weight excluding hydrogens is 231 g/mol. The fourth-order valence-corrected chi connectivity index (χ4v) is 1.87. The third kappa shape index (κ3) is 1.78. The van der Waals surface area contributed by atoms with Crippen LogP contribution in [0.5, 0.6) is 5.75 Å². The second-order valence-corrected chi connectivity index (χ2v) is 3.93. The zero-order chi connectivity index (χ0) is 12.5. The highest BCUT2D eigenvalue weighted by atomic mass is 19.1. The third-order valence-corrected chi connectivity index (χ3v) is 2.73. The van der Waals surface area contributed by atoms with E-state index in [0.717, 1.165) is 11.1 Å². The summed E-state index contributed by atoms with van der Waals surface area (Å²) >= 11 is 0. The lowest BCUT2D eigenvalue weighted by molar-refractivity contribution is 0.480. The van der Waals surface area contributed by atoms with Gasteiger partial charge in [0.25, 0.3) is 0 Å². The van der Waals surface area contributed by atoms with Gasteiger partial charge in [-0.15, -0.1) is 0 Å². The Morgan fingerprint density at radius 1 is 0.889 bits per heavy atom. The Hall–Kier alpha value is -2.49. The molecule has 1 heterocycles. The molecule has 3 rings (SSSR count). The van der Waals surface area contributed by atoms with Crippen LogP contribution in [0, 0.1) is 5.82 Å². The molecule has 0 fully saturated rings. The lowest BCUT2D eigenvalue weighted by atomic mass is 10.0. The van der Waals surface area contributed by atoms with E-state index in [1.807, 2.05) is 6.07 Å². The van der Waals surface area contributed by atoms with Crippen LogP contribution in [0.2, 0.25) is 0 Å². The molecule has 0 saturated heterocycles. The highest BCUT2D eigenvalue weighted by Crippen LogP contribution is 2.29. The summed E-state index contributed by atoms with van der Waals surface area (Å²) in [7, 11) is 0. The zero-order valence-electron chi connectivity index (χ0n) is 9.34. The minimum absolute atomic E-state index is 0.0694. The van der Waals surface area contributed by atoms with E-state index < -0.39 is 0 Å². The van der Waals surface area contributed by atoms with Crippen molar-refractivity contribution in [3.63, 3.8) is 0 Å². The molecule has 0 atom stereocenters. The Morgan fingerprint density at radius 3 is 2.39 bits per heavy atom. The van der Waals surface area contributed by atoms with Gasteiger partial charge in [-0.05, 0) is 35.4 Å². The average molecular weight is 240 g/mol. The molecule has 1 N–H and O–H groups in total. The standard InChI is InChI=1S/C14H9FN2O/c15-11-3-1-9(2-4-11)10-7-12-14(13(18)8-10)17-6-5-16-12/h1-8,18H. The van der Waals surface area contributed by atoms with Crippen LogP contribution in [0.15, 0.2) is 48.8 Å². The van der Waals surface area contributed by atoms with Gasteiger partial charge in [0.15, 0.2) is 0 Å². The molecule has 0 unspecified atom stereocenters. The maximum Gasteiger partial charge on any atom is 0.144 e. The molecule has 3 aromatic rings. The zero-order valence-corrected chi connectivity index (χ0v) is 9.34. The predicted molar refractivity (Wildman–Crippen MR) is 66.6 cm³/mol. The molecule has 4 heteroatoms. The van der Waals surface area contributed by atoms with E-state index in [0.29, 0.717) is 11.0 Å². The van der Waals surface area contributed by atoms with E-state index in [-0.39, 0.29) is 11.6 Å². The lowest BCUT2D eigenvalue weighted by Crippen LogP contribution is -1.85. The molecule has 0 amide bonds. The van der Waals surface area contributed by atoms with Gasteiger partial charge in [0, 0.05) is 12.4 Å². The first-order valence-electron chi connectivity index (χ1n) is 5.44. The van der Waals surface area contributed by atoms with E-state index >= 15 is 0 Å². The number of nitrogens with zero attached hydrogens (tertiary/aromatic N) is 2. The van der Waals surface area contributed by atoms with Crippen molar-refractivity contribution in [1.82, 2.24) is 9.97 Å². The van der Waals surface area contributed by atoms with Gasteiger partial charge in [-0.1, -0.05) is 12.1 Å². The van der Waals surface area contributed by atoms with Gasteiger partial charge in [0.05, 0.1) is 5.52 Å². The van der Waals surface area contributed by atoms with Crippen LogP contribution < -0.4 is 0 Å². The summed E-state index contributed by atoms with van der Waals surface area (Å²) in [6.07, 6.45) is 3.09. The second-order valence-electron chi connectivity index (χ2n) is 3.93. The van der Waals surface area contributed by atoms with Gasteiger partial charge in [-0.3, -0.25) is 4.98 Å². The van der Waals surface area contributed by atoms with Crippen molar-refractivity contribution >= 4 is 11.0 Å². The number of rotatable bonds is 1. The number of hydrogen-bond acceptors (Lipinski definition) is 3. The molecule has 0 saturated carbocycles. The monoisotopic (exact) mass is 240 g/mol. The van der Waals surface area contributed by atoms with Crippen LogP contribution in [0.4, 0.5) is 4.39 Å². The maximum absolute atomic E-state index is 12.9. The number of fused-ring (bicyclic) bond motifs is 1. The van der Waals surface area contributed by atoms with Gasteiger partial charge in [0.1, 0.15) is 17.1 Å². The molecule has 0 spiro atoms. The number of phenolic OH excluding ortho intramolecular Hbond substituents is 1. The first-order chi connectivity index (χ1) is 8.74. The quantitative estimate of drug-likeness (QED) is 0.710. The SMILES string of the molecule is Oc1cc(-c2ccc(F)cc2)cc2nccnc12. The molecule has 18 heavy (non-hydrogen) atoms. The fraction of sp³-hybridized carbons (Fsp3) is 0. The molecule has 0 aliphatic rings. The van der Waals surface area contributed by atoms with Crippen molar-refractivity contribution in [2.75, 3.05) is 0 Å². The Labute approximate surface area is 103 Å². The third-order valence-electron chi connectivity index (χ3n) is 2.73. The first kappa shape index (κ1) is 10.7. The summed E-state index contributed by atoms with van der Waals surface area (Å²) in [6.45, 7) is 0. The van der Waals surface area contributed by atoms with Crippen molar-refractivity contribution in [3.8, 4) is 16.9 Å². The van der Waals surface area contributed by atoms with Gasteiger partial charge in [-0.2, -0.15) is 0 Å². The molecule has 0 bridgehead atoms. The van der Waals surface area contributed by atoms with Crippen LogP contribution >= 0.6 is 0 Å². The summed E-state index contributed by atoms with van der Waals surface area (Å²) in [5.74, 6) is -0.219. The predicted octanol–water partition coefficient (Wildman–Crippen LogP) is 3.14. The Morgan fingerprint density at radius 2 is 1.61 bits per heavy atom. The van der Waals surface area contributed by atoms with E-state index in [1.165, 1.54) is 18.3 Å². The molecule has 3 nitrogen and oxygen atoms in total. The number of benzene rings is 2. The van der Waals surface area contributed by atoms with Crippen LogP contribution in [0.3, 0.4) is 0 Å². The highest BCUT2D eigenvalue weighted by Gasteiger charge is 2.06. The Bertz CT molecular complexity index is 711. The van der Waals surface area contributed by atoms with Crippen LogP contribution in [0.25, 0.3) is 22.2 Å². The molecule has 0 aliphatic carbocycles.